The molecule has 8 nitrogen and oxygen atoms in total. The van der Waals surface area contributed by atoms with Gasteiger partial charge in [0.25, 0.3) is 0 Å². The van der Waals surface area contributed by atoms with Crippen LogP contribution in [0.15, 0.2) is 48.5 Å². The van der Waals surface area contributed by atoms with Gasteiger partial charge in [-0.2, -0.15) is 0 Å². The zero-order valence-corrected chi connectivity index (χ0v) is 22.7. The molecule has 0 aliphatic carbocycles. The summed E-state index contributed by atoms with van der Waals surface area (Å²) in [5.41, 5.74) is 8.65. The molecule has 0 saturated heterocycles. The van der Waals surface area contributed by atoms with E-state index in [1.807, 2.05) is 48.5 Å². The maximum Gasteiger partial charge on any atom is 0.314 e. The number of aliphatic hydroxyl groups excluding tert-OH is 1. The van der Waals surface area contributed by atoms with Crippen molar-refractivity contribution in [3.05, 3.63) is 59.7 Å². The van der Waals surface area contributed by atoms with E-state index in [-0.39, 0.29) is 18.5 Å². The van der Waals surface area contributed by atoms with Gasteiger partial charge in [-0.3, -0.25) is 0 Å². The van der Waals surface area contributed by atoms with Gasteiger partial charge in [0.1, 0.15) is 0 Å². The van der Waals surface area contributed by atoms with Crippen molar-refractivity contribution >= 4 is 6.03 Å². The molecule has 0 aliphatic heterocycles. The number of benzene rings is 2. The Morgan fingerprint density at radius 2 is 1.76 bits per heavy atom. The van der Waals surface area contributed by atoms with Crippen LogP contribution in [-0.4, -0.2) is 63.8 Å². The summed E-state index contributed by atoms with van der Waals surface area (Å²) < 4.78 is 16.5. The normalized spacial score (nSPS) is 13.6. The molecule has 0 aliphatic rings. The van der Waals surface area contributed by atoms with Crippen LogP contribution in [0.2, 0.25) is 0 Å². The number of urea groups is 1. The first-order valence-corrected chi connectivity index (χ1v) is 13.1. The van der Waals surface area contributed by atoms with Crippen LogP contribution in [-0.2, 0) is 17.6 Å². The standard InChI is InChI=1S/C29H45N3O5/c1-21(2)24(17-23-11-12-27(36-4)28(18-23)37-16-8-15-35-3)19-25(30)26(33)20-32-29(34)31-14-13-22-9-6-5-7-10-22/h5-7,9-12,18,21,24-26,33H,8,13-17,19-20,30H2,1-4H3,(H2,31,32,34)/t24-,25-,26-/m0/s1. The molecule has 0 bridgehead atoms. The number of ether oxygens (including phenoxy) is 3. The molecule has 0 spiro atoms. The highest BCUT2D eigenvalue weighted by Crippen LogP contribution is 2.31. The SMILES string of the molecule is COCCCOc1cc(C[C@@H](C[C@H](N)[C@@H](O)CNC(=O)NCCc2ccccc2)C(C)C)ccc1OC. The van der Waals surface area contributed by atoms with Crippen molar-refractivity contribution in [1.29, 1.82) is 0 Å². The van der Waals surface area contributed by atoms with Crippen LogP contribution in [0.1, 0.15) is 37.8 Å². The number of rotatable bonds is 17. The van der Waals surface area contributed by atoms with Crippen LogP contribution >= 0.6 is 0 Å². The predicted octanol–water partition coefficient (Wildman–Crippen LogP) is 3.55. The zero-order valence-electron chi connectivity index (χ0n) is 22.7. The molecule has 2 amide bonds. The molecule has 2 aromatic carbocycles. The molecule has 0 heterocycles. The lowest BCUT2D eigenvalue weighted by atomic mass is 9.83. The van der Waals surface area contributed by atoms with Crippen LogP contribution in [0.4, 0.5) is 4.79 Å². The molecule has 3 atom stereocenters. The molecule has 37 heavy (non-hydrogen) atoms. The molecule has 0 saturated carbocycles. The Balaban J connectivity index is 1.83. The van der Waals surface area contributed by atoms with Gasteiger partial charge in [-0.25, -0.2) is 4.79 Å². The Bertz CT molecular complexity index is 910. The molecule has 2 aromatic rings. The van der Waals surface area contributed by atoms with E-state index in [9.17, 15) is 9.90 Å². The average molecular weight is 516 g/mol. The van der Waals surface area contributed by atoms with E-state index in [2.05, 4.69) is 24.5 Å². The lowest BCUT2D eigenvalue weighted by Gasteiger charge is -2.27. The van der Waals surface area contributed by atoms with Gasteiger partial charge in [-0.15, -0.1) is 0 Å². The minimum Gasteiger partial charge on any atom is -0.493 e. The van der Waals surface area contributed by atoms with Gasteiger partial charge in [0.15, 0.2) is 11.5 Å². The van der Waals surface area contributed by atoms with Gasteiger partial charge in [0.2, 0.25) is 0 Å². The lowest BCUT2D eigenvalue weighted by molar-refractivity contribution is 0.125. The van der Waals surface area contributed by atoms with Crippen LogP contribution in [0.25, 0.3) is 0 Å². The van der Waals surface area contributed by atoms with Crippen LogP contribution in [0, 0.1) is 11.8 Å². The monoisotopic (exact) mass is 515 g/mol. The van der Waals surface area contributed by atoms with Crippen LogP contribution < -0.4 is 25.8 Å². The smallest absolute Gasteiger partial charge is 0.314 e. The van der Waals surface area contributed by atoms with Crippen LogP contribution in [0.3, 0.4) is 0 Å². The van der Waals surface area contributed by atoms with E-state index in [4.69, 9.17) is 19.9 Å². The minimum absolute atomic E-state index is 0.102. The van der Waals surface area contributed by atoms with Gasteiger partial charge in [-0.05, 0) is 54.4 Å². The maximum absolute atomic E-state index is 12.1. The van der Waals surface area contributed by atoms with Crippen molar-refractivity contribution < 1.29 is 24.1 Å². The second-order valence-electron chi connectivity index (χ2n) is 9.73. The molecule has 0 unspecified atom stereocenters. The Hall–Kier alpha value is -2.81. The summed E-state index contributed by atoms with van der Waals surface area (Å²) in [5, 5.41) is 16.2. The Labute approximate surface area is 221 Å². The number of nitrogens with two attached hydrogens (primary N) is 1. The first-order chi connectivity index (χ1) is 17.8. The molecular weight excluding hydrogens is 470 g/mol. The number of amides is 2. The summed E-state index contributed by atoms with van der Waals surface area (Å²) in [6.45, 7) is 6.13. The topological polar surface area (TPSA) is 115 Å². The molecule has 2 rings (SSSR count). The highest BCUT2D eigenvalue weighted by molar-refractivity contribution is 5.73. The van der Waals surface area contributed by atoms with E-state index in [1.165, 1.54) is 0 Å². The van der Waals surface area contributed by atoms with Crippen molar-refractivity contribution in [2.24, 2.45) is 17.6 Å². The van der Waals surface area contributed by atoms with Gasteiger partial charge in [0.05, 0.1) is 19.8 Å². The number of nitrogens with one attached hydrogen (secondary N) is 2. The average Bonchev–Trinajstić information content (AvgIpc) is 2.90. The van der Waals surface area contributed by atoms with Gasteiger partial charge in [0, 0.05) is 39.3 Å². The molecule has 0 aromatic heterocycles. The highest BCUT2D eigenvalue weighted by atomic mass is 16.5. The third-order valence-electron chi connectivity index (χ3n) is 6.50. The fourth-order valence-corrected chi connectivity index (χ4v) is 4.12. The Morgan fingerprint density at radius 1 is 1.00 bits per heavy atom. The first-order valence-electron chi connectivity index (χ1n) is 13.1. The maximum atomic E-state index is 12.1. The molecule has 0 fully saturated rings. The molecule has 5 N–H and O–H groups in total. The number of aliphatic hydroxyl groups is 1. The summed E-state index contributed by atoms with van der Waals surface area (Å²) in [5.74, 6) is 2.02. The van der Waals surface area contributed by atoms with E-state index in [1.54, 1.807) is 14.2 Å². The van der Waals surface area contributed by atoms with Crippen molar-refractivity contribution in [3.8, 4) is 11.5 Å². The minimum atomic E-state index is -0.836. The van der Waals surface area contributed by atoms with Crippen molar-refractivity contribution in [3.63, 3.8) is 0 Å². The molecular formula is C29H45N3O5. The van der Waals surface area contributed by atoms with Gasteiger partial charge < -0.3 is 35.7 Å². The van der Waals surface area contributed by atoms with Gasteiger partial charge >= 0.3 is 6.03 Å². The first kappa shape index (κ1) is 30.4. The summed E-state index contributed by atoms with van der Waals surface area (Å²) in [6.07, 6.45) is 2.13. The van der Waals surface area contributed by atoms with E-state index in [0.717, 1.165) is 30.4 Å². The predicted molar refractivity (Wildman–Crippen MR) is 147 cm³/mol. The fraction of sp³-hybridized carbons (Fsp3) is 0.552. The zero-order chi connectivity index (χ0) is 27.0. The highest BCUT2D eigenvalue weighted by Gasteiger charge is 2.23. The fourth-order valence-electron chi connectivity index (χ4n) is 4.12. The number of carbonyl (C=O) groups excluding carboxylic acids is 1. The van der Waals surface area contributed by atoms with Crippen LogP contribution in [0.5, 0.6) is 11.5 Å². The van der Waals surface area contributed by atoms with Gasteiger partial charge in [-0.1, -0.05) is 50.2 Å². The lowest BCUT2D eigenvalue weighted by Crippen LogP contribution is -2.47. The quantitative estimate of drug-likeness (QED) is 0.240. The number of methoxy groups -OCH3 is 2. The Kier molecular flexibility index (Phi) is 13.8. The molecule has 0 radical (unpaired) electrons. The summed E-state index contributed by atoms with van der Waals surface area (Å²) in [7, 11) is 3.30. The third-order valence-corrected chi connectivity index (χ3v) is 6.50. The number of hydrogen-bond acceptors (Lipinski definition) is 6. The number of hydrogen-bond donors (Lipinski definition) is 4. The molecule has 206 valence electrons. The van der Waals surface area contributed by atoms with E-state index in [0.29, 0.717) is 43.6 Å². The second-order valence-corrected chi connectivity index (χ2v) is 9.73. The molecule has 8 heteroatoms. The Morgan fingerprint density at radius 3 is 2.43 bits per heavy atom. The number of carbonyl (C=O) groups is 1. The summed E-state index contributed by atoms with van der Waals surface area (Å²) in [4.78, 5) is 12.1. The second kappa shape index (κ2) is 16.8. The largest absolute Gasteiger partial charge is 0.493 e. The van der Waals surface area contributed by atoms with Crippen molar-refractivity contribution in [2.75, 3.05) is 40.5 Å². The van der Waals surface area contributed by atoms with Crippen molar-refractivity contribution in [1.82, 2.24) is 10.6 Å². The van der Waals surface area contributed by atoms with E-state index < -0.39 is 12.1 Å². The third kappa shape index (κ3) is 11.4. The van der Waals surface area contributed by atoms with Crippen molar-refractivity contribution in [2.45, 2.75) is 51.7 Å². The summed E-state index contributed by atoms with van der Waals surface area (Å²) in [6, 6.07) is 15.2. The van der Waals surface area contributed by atoms with E-state index >= 15 is 0 Å². The summed E-state index contributed by atoms with van der Waals surface area (Å²) >= 11 is 0.